The molecule has 1 aromatic rings. The van der Waals surface area contributed by atoms with Crippen molar-refractivity contribution in [3.05, 3.63) is 23.7 Å². The summed E-state index contributed by atoms with van der Waals surface area (Å²) in [6.45, 7) is 2.70. The van der Waals surface area contributed by atoms with Crippen LogP contribution in [0.4, 0.5) is 0 Å². The van der Waals surface area contributed by atoms with Crippen LogP contribution in [0.25, 0.3) is 0 Å². The number of hydrogen-bond donors (Lipinski definition) is 2. The molecule has 0 aliphatic carbocycles. The van der Waals surface area contributed by atoms with Gasteiger partial charge in [0.15, 0.2) is 5.76 Å². The van der Waals surface area contributed by atoms with Crippen LogP contribution >= 0.6 is 0 Å². The zero-order valence-electron chi connectivity index (χ0n) is 10.9. The molecule has 2 rings (SSSR count). The van der Waals surface area contributed by atoms with Gasteiger partial charge >= 0.3 is 5.97 Å². The van der Waals surface area contributed by atoms with Crippen LogP contribution in [0.1, 0.15) is 33.8 Å². The molecule has 104 valence electrons. The van der Waals surface area contributed by atoms with Crippen molar-refractivity contribution < 1.29 is 19.1 Å². The van der Waals surface area contributed by atoms with Gasteiger partial charge in [-0.05, 0) is 38.9 Å². The number of nitrogens with one attached hydrogen (secondary N) is 1. The molecule has 6 nitrogen and oxygen atoms in total. The van der Waals surface area contributed by atoms with Crippen molar-refractivity contribution in [2.45, 2.75) is 12.8 Å². The minimum Gasteiger partial charge on any atom is -0.478 e. The van der Waals surface area contributed by atoms with E-state index in [0.29, 0.717) is 12.5 Å². The second-order valence-electron chi connectivity index (χ2n) is 4.96. The van der Waals surface area contributed by atoms with Crippen molar-refractivity contribution in [2.75, 3.05) is 26.7 Å². The fraction of sp³-hybridized carbons (Fsp3) is 0.538. The van der Waals surface area contributed by atoms with Crippen LogP contribution in [0, 0.1) is 5.92 Å². The molecule has 0 radical (unpaired) electrons. The number of nitrogens with zero attached hydrogens (tertiary/aromatic N) is 1. The molecule has 0 atom stereocenters. The Bertz CT molecular complexity index is 461. The van der Waals surface area contributed by atoms with Crippen LogP contribution in [-0.4, -0.2) is 48.6 Å². The Balaban J connectivity index is 1.82. The molecule has 1 saturated heterocycles. The maximum atomic E-state index is 11.8. The fourth-order valence-electron chi connectivity index (χ4n) is 2.16. The van der Waals surface area contributed by atoms with Gasteiger partial charge in [-0.25, -0.2) is 4.79 Å². The summed E-state index contributed by atoms with van der Waals surface area (Å²) in [6, 6.07) is 1.24. The Kier molecular flexibility index (Phi) is 4.21. The van der Waals surface area contributed by atoms with Crippen molar-refractivity contribution in [2.24, 2.45) is 5.92 Å². The normalized spacial score (nSPS) is 17.3. The Morgan fingerprint density at radius 2 is 2.16 bits per heavy atom. The SMILES string of the molecule is CN1CCC(CNC(=O)c2cc(C(=O)O)co2)CC1. The van der Waals surface area contributed by atoms with Gasteiger partial charge in [-0.2, -0.15) is 0 Å². The number of aromatic carboxylic acids is 1. The first-order valence-corrected chi connectivity index (χ1v) is 6.35. The number of carbonyl (C=O) groups is 2. The second-order valence-corrected chi connectivity index (χ2v) is 4.96. The van der Waals surface area contributed by atoms with E-state index in [2.05, 4.69) is 17.3 Å². The van der Waals surface area contributed by atoms with Gasteiger partial charge in [0.2, 0.25) is 0 Å². The van der Waals surface area contributed by atoms with Gasteiger partial charge in [-0.1, -0.05) is 0 Å². The predicted octanol–water partition coefficient (Wildman–Crippen LogP) is 1.05. The lowest BCUT2D eigenvalue weighted by Crippen LogP contribution is -2.36. The third-order valence-electron chi connectivity index (χ3n) is 3.46. The molecule has 1 aliphatic rings. The first-order chi connectivity index (χ1) is 9.06. The van der Waals surface area contributed by atoms with E-state index in [9.17, 15) is 9.59 Å². The third kappa shape index (κ3) is 3.57. The number of carboxylic acid groups (broad SMARTS) is 1. The van der Waals surface area contributed by atoms with Crippen LogP contribution in [0.5, 0.6) is 0 Å². The monoisotopic (exact) mass is 266 g/mol. The Morgan fingerprint density at radius 3 is 2.74 bits per heavy atom. The smallest absolute Gasteiger partial charge is 0.338 e. The van der Waals surface area contributed by atoms with Crippen molar-refractivity contribution >= 4 is 11.9 Å². The summed E-state index contributed by atoms with van der Waals surface area (Å²) in [6.07, 6.45) is 3.21. The quantitative estimate of drug-likeness (QED) is 0.851. The van der Waals surface area contributed by atoms with E-state index in [0.717, 1.165) is 32.2 Å². The lowest BCUT2D eigenvalue weighted by Gasteiger charge is -2.28. The number of furan rings is 1. The van der Waals surface area contributed by atoms with Crippen molar-refractivity contribution in [1.82, 2.24) is 10.2 Å². The van der Waals surface area contributed by atoms with Crippen LogP contribution in [-0.2, 0) is 0 Å². The Labute approximate surface area is 111 Å². The van der Waals surface area contributed by atoms with E-state index in [1.165, 1.54) is 6.07 Å². The van der Waals surface area contributed by atoms with E-state index in [1.807, 2.05) is 0 Å². The fourth-order valence-corrected chi connectivity index (χ4v) is 2.16. The lowest BCUT2D eigenvalue weighted by atomic mass is 9.97. The van der Waals surface area contributed by atoms with Crippen LogP contribution in [0.2, 0.25) is 0 Å². The predicted molar refractivity (Wildman–Crippen MR) is 68.2 cm³/mol. The minimum atomic E-state index is -1.10. The van der Waals surface area contributed by atoms with Crippen molar-refractivity contribution in [3.8, 4) is 0 Å². The average molecular weight is 266 g/mol. The Hall–Kier alpha value is -1.82. The lowest BCUT2D eigenvalue weighted by molar-refractivity contribution is 0.0696. The van der Waals surface area contributed by atoms with Gasteiger partial charge < -0.3 is 19.7 Å². The molecule has 2 N–H and O–H groups in total. The first-order valence-electron chi connectivity index (χ1n) is 6.35. The molecule has 0 saturated carbocycles. The molecule has 1 aliphatic heterocycles. The number of amides is 1. The Morgan fingerprint density at radius 1 is 1.47 bits per heavy atom. The van der Waals surface area contributed by atoms with E-state index in [1.54, 1.807) is 0 Å². The molecule has 6 heteroatoms. The van der Waals surface area contributed by atoms with Gasteiger partial charge in [-0.15, -0.1) is 0 Å². The summed E-state index contributed by atoms with van der Waals surface area (Å²) in [4.78, 5) is 24.7. The van der Waals surface area contributed by atoms with E-state index in [-0.39, 0.29) is 17.2 Å². The number of likely N-dealkylation sites (tertiary alicyclic amines) is 1. The van der Waals surface area contributed by atoms with Crippen molar-refractivity contribution in [3.63, 3.8) is 0 Å². The maximum Gasteiger partial charge on any atom is 0.338 e. The molecular weight excluding hydrogens is 248 g/mol. The number of piperidine rings is 1. The van der Waals surface area contributed by atoms with Crippen LogP contribution in [0.3, 0.4) is 0 Å². The molecule has 1 fully saturated rings. The standard InChI is InChI=1S/C13H18N2O4/c1-15-4-2-9(3-5-15)7-14-12(16)11-6-10(8-19-11)13(17)18/h6,8-9H,2-5,7H2,1H3,(H,14,16)(H,17,18). The van der Waals surface area contributed by atoms with Crippen molar-refractivity contribution in [1.29, 1.82) is 0 Å². The highest BCUT2D eigenvalue weighted by Crippen LogP contribution is 2.15. The van der Waals surface area contributed by atoms with Gasteiger partial charge in [0.1, 0.15) is 6.26 Å². The third-order valence-corrected chi connectivity index (χ3v) is 3.46. The molecule has 0 aromatic carbocycles. The molecular formula is C13H18N2O4. The largest absolute Gasteiger partial charge is 0.478 e. The molecule has 1 amide bonds. The van der Waals surface area contributed by atoms with E-state index in [4.69, 9.17) is 9.52 Å². The van der Waals surface area contributed by atoms with Gasteiger partial charge in [0.05, 0.1) is 5.56 Å². The highest BCUT2D eigenvalue weighted by Gasteiger charge is 2.19. The van der Waals surface area contributed by atoms with Crippen LogP contribution in [0.15, 0.2) is 16.7 Å². The summed E-state index contributed by atoms with van der Waals surface area (Å²) in [5.41, 5.74) is -0.00978. The highest BCUT2D eigenvalue weighted by molar-refractivity contribution is 5.95. The molecule has 0 spiro atoms. The zero-order valence-corrected chi connectivity index (χ0v) is 10.9. The minimum absolute atomic E-state index is 0.00978. The molecule has 0 unspecified atom stereocenters. The highest BCUT2D eigenvalue weighted by atomic mass is 16.4. The summed E-state index contributed by atoms with van der Waals surface area (Å²) >= 11 is 0. The molecule has 19 heavy (non-hydrogen) atoms. The molecule has 1 aromatic heterocycles. The number of carboxylic acids is 1. The number of hydrogen-bond acceptors (Lipinski definition) is 4. The van der Waals surface area contributed by atoms with Gasteiger partial charge in [0, 0.05) is 12.6 Å². The van der Waals surface area contributed by atoms with Crippen LogP contribution < -0.4 is 5.32 Å². The zero-order chi connectivity index (χ0) is 13.8. The summed E-state index contributed by atoms with van der Waals surface area (Å²) in [5.74, 6) is -0.927. The summed E-state index contributed by atoms with van der Waals surface area (Å²) < 4.78 is 4.94. The number of carbonyl (C=O) groups excluding carboxylic acids is 1. The maximum absolute atomic E-state index is 11.8. The molecule has 2 heterocycles. The second kappa shape index (κ2) is 5.88. The van der Waals surface area contributed by atoms with E-state index < -0.39 is 5.97 Å². The summed E-state index contributed by atoms with van der Waals surface area (Å²) in [5, 5.41) is 11.5. The average Bonchev–Trinajstić information content (AvgIpc) is 2.87. The molecule has 0 bridgehead atoms. The number of rotatable bonds is 4. The topological polar surface area (TPSA) is 82.8 Å². The first kappa shape index (κ1) is 13.6. The van der Waals surface area contributed by atoms with Gasteiger partial charge in [0.25, 0.3) is 5.91 Å². The van der Waals surface area contributed by atoms with E-state index >= 15 is 0 Å². The van der Waals surface area contributed by atoms with Gasteiger partial charge in [-0.3, -0.25) is 4.79 Å². The summed E-state index contributed by atoms with van der Waals surface area (Å²) in [7, 11) is 2.09.